The summed E-state index contributed by atoms with van der Waals surface area (Å²) < 4.78 is 5.18. The number of aryl methyl sites for hydroxylation is 1. The Kier molecular flexibility index (Phi) is 3.62. The number of nitrogens with two attached hydrogens (primary N) is 1. The van der Waals surface area contributed by atoms with Crippen molar-refractivity contribution in [3.63, 3.8) is 0 Å². The first-order valence-corrected chi connectivity index (χ1v) is 7.09. The fraction of sp³-hybridized carbons (Fsp3) is 0.0625. The zero-order chi connectivity index (χ0) is 15.0. The van der Waals surface area contributed by atoms with Crippen molar-refractivity contribution in [1.82, 2.24) is 5.16 Å². The molecular formula is C16H12Cl2N2O. The van der Waals surface area contributed by atoms with Crippen LogP contribution in [-0.2, 0) is 0 Å². The summed E-state index contributed by atoms with van der Waals surface area (Å²) in [5.74, 6) is 0.270. The maximum absolute atomic E-state index is 6.09. The first kappa shape index (κ1) is 14.0. The van der Waals surface area contributed by atoms with E-state index in [0.717, 1.165) is 22.3 Å². The van der Waals surface area contributed by atoms with E-state index in [1.165, 1.54) is 0 Å². The molecule has 2 N–H and O–H groups in total. The normalized spacial score (nSPS) is 10.8. The molecule has 3 rings (SSSR count). The van der Waals surface area contributed by atoms with Crippen LogP contribution in [0.15, 0.2) is 47.0 Å². The number of benzene rings is 2. The highest BCUT2D eigenvalue weighted by Crippen LogP contribution is 2.38. The minimum Gasteiger partial charge on any atom is -0.367 e. The number of hydrogen-bond donors (Lipinski definition) is 1. The summed E-state index contributed by atoms with van der Waals surface area (Å²) in [6.07, 6.45) is 0. The third kappa shape index (κ3) is 2.62. The minimum atomic E-state index is 0.270. The molecule has 0 aliphatic carbocycles. The lowest BCUT2D eigenvalue weighted by atomic mass is 9.98. The van der Waals surface area contributed by atoms with E-state index >= 15 is 0 Å². The van der Waals surface area contributed by atoms with E-state index in [0.29, 0.717) is 15.7 Å². The van der Waals surface area contributed by atoms with Crippen LogP contribution in [0.1, 0.15) is 5.56 Å². The molecule has 1 heterocycles. The zero-order valence-electron chi connectivity index (χ0n) is 11.2. The van der Waals surface area contributed by atoms with Crippen LogP contribution in [0.4, 0.5) is 5.88 Å². The predicted molar refractivity (Wildman–Crippen MR) is 86.5 cm³/mol. The van der Waals surface area contributed by atoms with Crippen molar-refractivity contribution in [3.8, 4) is 22.4 Å². The topological polar surface area (TPSA) is 52.0 Å². The lowest BCUT2D eigenvalue weighted by molar-refractivity contribution is 0.439. The minimum absolute atomic E-state index is 0.270. The Balaban J connectivity index is 2.21. The lowest BCUT2D eigenvalue weighted by Crippen LogP contribution is -1.89. The zero-order valence-corrected chi connectivity index (χ0v) is 12.7. The van der Waals surface area contributed by atoms with Gasteiger partial charge in [0.2, 0.25) is 5.88 Å². The number of hydrogen-bond acceptors (Lipinski definition) is 3. The van der Waals surface area contributed by atoms with Gasteiger partial charge in [-0.2, -0.15) is 0 Å². The molecule has 3 nitrogen and oxygen atoms in total. The smallest absolute Gasteiger partial charge is 0.230 e. The Morgan fingerprint density at radius 3 is 2.38 bits per heavy atom. The Morgan fingerprint density at radius 1 is 1.00 bits per heavy atom. The van der Waals surface area contributed by atoms with E-state index in [1.54, 1.807) is 12.1 Å². The summed E-state index contributed by atoms with van der Waals surface area (Å²) in [5, 5.41) is 5.39. The molecule has 106 valence electrons. The van der Waals surface area contributed by atoms with E-state index in [9.17, 15) is 0 Å². The average Bonchev–Trinajstić information content (AvgIpc) is 2.84. The van der Waals surface area contributed by atoms with Gasteiger partial charge < -0.3 is 10.3 Å². The molecule has 0 aliphatic rings. The second-order valence-corrected chi connectivity index (χ2v) is 5.61. The van der Waals surface area contributed by atoms with E-state index in [-0.39, 0.29) is 5.88 Å². The van der Waals surface area contributed by atoms with E-state index in [2.05, 4.69) is 5.16 Å². The number of anilines is 1. The van der Waals surface area contributed by atoms with Gasteiger partial charge in [0.1, 0.15) is 5.69 Å². The second kappa shape index (κ2) is 5.43. The van der Waals surface area contributed by atoms with Gasteiger partial charge >= 0.3 is 0 Å². The molecule has 0 fully saturated rings. The summed E-state index contributed by atoms with van der Waals surface area (Å²) >= 11 is 12.0. The van der Waals surface area contributed by atoms with Gasteiger partial charge in [-0.05, 0) is 42.3 Å². The molecule has 0 bridgehead atoms. The Hall–Kier alpha value is -1.97. The fourth-order valence-electron chi connectivity index (χ4n) is 2.23. The van der Waals surface area contributed by atoms with Gasteiger partial charge in [0.15, 0.2) is 0 Å². The van der Waals surface area contributed by atoms with Crippen LogP contribution in [-0.4, -0.2) is 5.16 Å². The Labute approximate surface area is 132 Å². The van der Waals surface area contributed by atoms with Crippen molar-refractivity contribution in [3.05, 3.63) is 58.1 Å². The van der Waals surface area contributed by atoms with Gasteiger partial charge in [-0.3, -0.25) is 0 Å². The molecule has 0 atom stereocenters. The highest BCUT2D eigenvalue weighted by Gasteiger charge is 2.19. The van der Waals surface area contributed by atoms with Gasteiger partial charge in [0.05, 0.1) is 5.56 Å². The molecule has 1 aromatic heterocycles. The summed E-state index contributed by atoms with van der Waals surface area (Å²) in [5.41, 5.74) is 10.2. The van der Waals surface area contributed by atoms with Gasteiger partial charge in [-0.15, -0.1) is 0 Å². The van der Waals surface area contributed by atoms with Crippen LogP contribution in [0.2, 0.25) is 10.0 Å². The highest BCUT2D eigenvalue weighted by molar-refractivity contribution is 6.31. The van der Waals surface area contributed by atoms with Gasteiger partial charge in [0, 0.05) is 15.6 Å². The largest absolute Gasteiger partial charge is 0.367 e. The molecule has 0 radical (unpaired) electrons. The molecule has 0 aliphatic heterocycles. The predicted octanol–water partition coefficient (Wildman–Crippen LogP) is 5.21. The maximum atomic E-state index is 6.09. The summed E-state index contributed by atoms with van der Waals surface area (Å²) in [6, 6.07) is 13.0. The molecule has 0 spiro atoms. The highest BCUT2D eigenvalue weighted by atomic mass is 35.5. The van der Waals surface area contributed by atoms with Crippen LogP contribution >= 0.6 is 23.2 Å². The molecule has 0 unspecified atom stereocenters. The molecule has 2 aromatic carbocycles. The monoisotopic (exact) mass is 318 g/mol. The van der Waals surface area contributed by atoms with E-state index in [4.69, 9.17) is 33.5 Å². The molecule has 3 aromatic rings. The van der Waals surface area contributed by atoms with Crippen molar-refractivity contribution in [2.24, 2.45) is 0 Å². The summed E-state index contributed by atoms with van der Waals surface area (Å²) in [4.78, 5) is 0. The number of aromatic nitrogens is 1. The van der Waals surface area contributed by atoms with Crippen molar-refractivity contribution in [2.75, 3.05) is 5.73 Å². The third-order valence-corrected chi connectivity index (χ3v) is 3.79. The van der Waals surface area contributed by atoms with Gasteiger partial charge in [-0.25, -0.2) is 0 Å². The Bertz CT molecular complexity index is 795. The standard InChI is InChI=1S/C16H12Cl2N2O/c1-9-2-5-12(18)8-13(9)15-14(16(19)21-20-15)10-3-6-11(17)7-4-10/h2-8H,19H2,1H3. The lowest BCUT2D eigenvalue weighted by Gasteiger charge is -2.06. The van der Waals surface area contributed by atoms with Crippen LogP contribution in [0.5, 0.6) is 0 Å². The first-order chi connectivity index (χ1) is 10.1. The maximum Gasteiger partial charge on any atom is 0.230 e. The molecule has 0 amide bonds. The van der Waals surface area contributed by atoms with Crippen molar-refractivity contribution >= 4 is 29.1 Å². The van der Waals surface area contributed by atoms with E-state index < -0.39 is 0 Å². The van der Waals surface area contributed by atoms with Crippen molar-refractivity contribution < 1.29 is 4.52 Å². The fourth-order valence-corrected chi connectivity index (χ4v) is 2.53. The summed E-state index contributed by atoms with van der Waals surface area (Å²) in [7, 11) is 0. The number of nitrogens with zero attached hydrogens (tertiary/aromatic N) is 1. The average molecular weight is 319 g/mol. The number of halogens is 2. The van der Waals surface area contributed by atoms with Crippen molar-refractivity contribution in [2.45, 2.75) is 6.92 Å². The van der Waals surface area contributed by atoms with Crippen LogP contribution in [0.25, 0.3) is 22.4 Å². The third-order valence-electron chi connectivity index (χ3n) is 3.31. The molecular weight excluding hydrogens is 307 g/mol. The quantitative estimate of drug-likeness (QED) is 0.706. The molecule has 0 saturated heterocycles. The molecule has 21 heavy (non-hydrogen) atoms. The van der Waals surface area contributed by atoms with Gasteiger partial charge in [-0.1, -0.05) is 46.6 Å². The van der Waals surface area contributed by atoms with E-state index in [1.807, 2.05) is 37.3 Å². The van der Waals surface area contributed by atoms with Crippen LogP contribution < -0.4 is 5.73 Å². The number of rotatable bonds is 2. The van der Waals surface area contributed by atoms with Crippen LogP contribution in [0, 0.1) is 6.92 Å². The Morgan fingerprint density at radius 2 is 1.67 bits per heavy atom. The SMILES string of the molecule is Cc1ccc(Cl)cc1-c1noc(N)c1-c1ccc(Cl)cc1. The van der Waals surface area contributed by atoms with Crippen LogP contribution in [0.3, 0.4) is 0 Å². The molecule has 5 heteroatoms. The van der Waals surface area contributed by atoms with Gasteiger partial charge in [0.25, 0.3) is 0 Å². The molecule has 0 saturated carbocycles. The number of nitrogen functional groups attached to an aromatic ring is 1. The second-order valence-electron chi connectivity index (χ2n) is 4.74. The van der Waals surface area contributed by atoms with Crippen molar-refractivity contribution in [1.29, 1.82) is 0 Å². The first-order valence-electron chi connectivity index (χ1n) is 6.34. The summed E-state index contributed by atoms with van der Waals surface area (Å²) in [6.45, 7) is 1.99.